The van der Waals surface area contributed by atoms with Crippen LogP contribution in [0.2, 0.25) is 0 Å². The van der Waals surface area contributed by atoms with Gasteiger partial charge in [0.25, 0.3) is 0 Å². The normalized spacial score (nSPS) is 44.1. The van der Waals surface area contributed by atoms with Crippen LogP contribution >= 0.6 is 0 Å². The average Bonchev–Trinajstić information content (AvgIpc) is 3.50. The second-order valence-electron chi connectivity index (χ2n) is 12.6. The van der Waals surface area contributed by atoms with E-state index in [1.807, 2.05) is 0 Å². The van der Waals surface area contributed by atoms with Crippen LogP contribution in [0, 0.1) is 5.92 Å². The van der Waals surface area contributed by atoms with Gasteiger partial charge in [0.1, 0.15) is 12.2 Å². The number of aliphatic carboxylic acids is 1. The molecule has 40 heavy (non-hydrogen) atoms. The number of hydrogen-bond donors (Lipinski definition) is 2. The predicted octanol–water partition coefficient (Wildman–Crippen LogP) is 3.95. The van der Waals surface area contributed by atoms with Gasteiger partial charge in [0.15, 0.2) is 0 Å². The molecule has 5 aliphatic heterocycles. The van der Waals surface area contributed by atoms with Crippen molar-refractivity contribution in [3.63, 3.8) is 0 Å². The molecule has 0 radical (unpaired) electrons. The molecule has 9 heteroatoms. The molecule has 0 bridgehead atoms. The summed E-state index contributed by atoms with van der Waals surface area (Å²) in [6.07, 6.45) is 6.00. The Bertz CT molecular complexity index is 907. The summed E-state index contributed by atoms with van der Waals surface area (Å²) < 4.78 is 37.0. The standard InChI is InChI=1S/C31H48O9/c1-17-11-20(36-16-19(17)3)7-9-25-18(2)12-21(37-25)5-6-22-13-27(35-4)31(39-22)28-15-24(32)30-26(40-28)10-8-23(38-30)14-29(33)34/h17,20-28,30-32H,2-3,5-16H2,1,4H3,(H,33,34)/t17-,20+,21+,22-,23-,24-,25+,26+,27-,28?,30-,31?/m1/s1. The summed E-state index contributed by atoms with van der Waals surface area (Å²) in [6.45, 7) is 11.3. The summed E-state index contributed by atoms with van der Waals surface area (Å²) in [5.41, 5.74) is 2.37. The Morgan fingerprint density at radius 1 is 0.875 bits per heavy atom. The Morgan fingerprint density at radius 3 is 2.38 bits per heavy atom. The smallest absolute Gasteiger partial charge is 0.305 e. The fourth-order valence-corrected chi connectivity index (χ4v) is 7.24. The zero-order valence-electron chi connectivity index (χ0n) is 24.1. The van der Waals surface area contributed by atoms with E-state index in [0.29, 0.717) is 31.8 Å². The van der Waals surface area contributed by atoms with E-state index in [-0.39, 0.29) is 61.4 Å². The highest BCUT2D eigenvalue weighted by atomic mass is 16.6. The van der Waals surface area contributed by atoms with E-state index < -0.39 is 18.2 Å². The van der Waals surface area contributed by atoms with Gasteiger partial charge in [-0.1, -0.05) is 20.1 Å². The molecule has 0 aromatic rings. The topological polar surface area (TPSA) is 113 Å². The molecule has 0 amide bonds. The van der Waals surface area contributed by atoms with Crippen LogP contribution in [-0.4, -0.2) is 97.0 Å². The van der Waals surface area contributed by atoms with Crippen LogP contribution in [0.1, 0.15) is 77.6 Å². The highest BCUT2D eigenvalue weighted by Crippen LogP contribution is 2.39. The van der Waals surface area contributed by atoms with Crippen LogP contribution in [0.25, 0.3) is 0 Å². The number of fused-ring (bicyclic) bond motifs is 1. The second kappa shape index (κ2) is 13.3. The van der Waals surface area contributed by atoms with Gasteiger partial charge >= 0.3 is 5.97 Å². The molecule has 5 saturated heterocycles. The van der Waals surface area contributed by atoms with E-state index in [1.54, 1.807) is 7.11 Å². The van der Waals surface area contributed by atoms with E-state index in [9.17, 15) is 9.90 Å². The molecule has 0 aromatic carbocycles. The van der Waals surface area contributed by atoms with Crippen molar-refractivity contribution in [3.8, 4) is 0 Å². The lowest BCUT2D eigenvalue weighted by molar-refractivity contribution is -0.248. The van der Waals surface area contributed by atoms with Gasteiger partial charge in [-0.05, 0) is 68.4 Å². The SMILES string of the molecule is C=C1CO[C@@H](CC[C@@H]2O[C@@H](CC[C@@H]3C[C@@H](OC)C(C4C[C@@H](O)[C@H]5O[C@@H](CC(=O)O)CC[C@@H]5O4)O3)CC2=C)C[C@H]1C. The number of ether oxygens (including phenoxy) is 6. The first-order valence-corrected chi connectivity index (χ1v) is 15.2. The highest BCUT2D eigenvalue weighted by Gasteiger charge is 2.49. The Hall–Kier alpha value is -1.33. The fourth-order valence-electron chi connectivity index (χ4n) is 7.24. The minimum Gasteiger partial charge on any atom is -0.481 e. The molecule has 2 N–H and O–H groups in total. The maximum Gasteiger partial charge on any atom is 0.305 e. The van der Waals surface area contributed by atoms with Crippen molar-refractivity contribution in [2.45, 2.75) is 145 Å². The first-order chi connectivity index (χ1) is 19.2. The minimum absolute atomic E-state index is 0.0390. The second-order valence-corrected chi connectivity index (χ2v) is 12.6. The van der Waals surface area contributed by atoms with Crippen LogP contribution in [-0.2, 0) is 33.2 Å². The molecule has 9 nitrogen and oxygen atoms in total. The van der Waals surface area contributed by atoms with Gasteiger partial charge in [-0.2, -0.15) is 0 Å². The first kappa shape index (κ1) is 30.1. The van der Waals surface area contributed by atoms with Crippen molar-refractivity contribution in [2.75, 3.05) is 13.7 Å². The van der Waals surface area contributed by atoms with Crippen LogP contribution in [0.15, 0.2) is 24.3 Å². The number of hydrogen-bond acceptors (Lipinski definition) is 8. The maximum atomic E-state index is 11.1. The van der Waals surface area contributed by atoms with Crippen molar-refractivity contribution in [3.05, 3.63) is 24.3 Å². The predicted molar refractivity (Wildman–Crippen MR) is 147 cm³/mol. The zero-order valence-corrected chi connectivity index (χ0v) is 24.1. The van der Waals surface area contributed by atoms with Crippen molar-refractivity contribution in [1.29, 1.82) is 0 Å². The Morgan fingerprint density at radius 2 is 1.62 bits per heavy atom. The average molecular weight is 565 g/mol. The molecule has 2 unspecified atom stereocenters. The van der Waals surface area contributed by atoms with Gasteiger partial charge in [-0.25, -0.2) is 0 Å². The highest BCUT2D eigenvalue weighted by molar-refractivity contribution is 5.67. The number of carboxylic acid groups (broad SMARTS) is 1. The molecule has 5 heterocycles. The van der Waals surface area contributed by atoms with E-state index in [4.69, 9.17) is 33.5 Å². The quantitative estimate of drug-likeness (QED) is 0.381. The summed E-state index contributed by atoms with van der Waals surface area (Å²) in [4.78, 5) is 11.1. The number of rotatable bonds is 10. The summed E-state index contributed by atoms with van der Waals surface area (Å²) in [6, 6.07) is 0. The lowest BCUT2D eigenvalue weighted by atomic mass is 9.88. The third-order valence-corrected chi connectivity index (χ3v) is 9.66. The van der Waals surface area contributed by atoms with Crippen LogP contribution in [0.5, 0.6) is 0 Å². The largest absolute Gasteiger partial charge is 0.481 e. The Labute approximate surface area is 238 Å². The summed E-state index contributed by atoms with van der Waals surface area (Å²) in [5, 5.41) is 20.0. The molecule has 5 fully saturated rings. The van der Waals surface area contributed by atoms with Gasteiger partial charge in [0, 0.05) is 20.0 Å². The van der Waals surface area contributed by atoms with E-state index >= 15 is 0 Å². The molecule has 12 atom stereocenters. The maximum absolute atomic E-state index is 11.1. The molecule has 5 aliphatic rings. The Balaban J connectivity index is 1.06. The van der Waals surface area contributed by atoms with Crippen LogP contribution in [0.3, 0.4) is 0 Å². The summed E-state index contributed by atoms with van der Waals surface area (Å²) in [5.74, 6) is -0.374. The van der Waals surface area contributed by atoms with Crippen molar-refractivity contribution < 1.29 is 43.4 Å². The van der Waals surface area contributed by atoms with E-state index in [2.05, 4.69) is 20.1 Å². The Kier molecular flexibility index (Phi) is 10.0. The summed E-state index contributed by atoms with van der Waals surface area (Å²) >= 11 is 0. The third kappa shape index (κ3) is 7.17. The van der Waals surface area contributed by atoms with Crippen molar-refractivity contribution in [2.24, 2.45) is 5.92 Å². The molecule has 0 aromatic heterocycles. The van der Waals surface area contributed by atoms with Gasteiger partial charge in [0.2, 0.25) is 0 Å². The molecule has 0 aliphatic carbocycles. The minimum atomic E-state index is -0.890. The van der Waals surface area contributed by atoms with Gasteiger partial charge in [0.05, 0.1) is 68.0 Å². The molecular weight excluding hydrogens is 516 g/mol. The van der Waals surface area contributed by atoms with Crippen molar-refractivity contribution >= 4 is 5.97 Å². The van der Waals surface area contributed by atoms with Gasteiger partial charge < -0.3 is 38.6 Å². The monoisotopic (exact) mass is 564 g/mol. The van der Waals surface area contributed by atoms with Gasteiger partial charge in [-0.15, -0.1) is 0 Å². The first-order valence-electron chi connectivity index (χ1n) is 15.2. The fraction of sp³-hybridized carbons (Fsp3) is 0.839. The lowest BCUT2D eigenvalue weighted by Crippen LogP contribution is -2.57. The molecule has 5 rings (SSSR count). The van der Waals surface area contributed by atoms with Crippen molar-refractivity contribution in [1.82, 2.24) is 0 Å². The van der Waals surface area contributed by atoms with E-state index in [1.165, 1.54) is 11.1 Å². The molecular formula is C31H48O9. The molecule has 0 saturated carbocycles. The lowest BCUT2D eigenvalue weighted by Gasteiger charge is -2.46. The molecule has 0 spiro atoms. The molecule has 226 valence electrons. The number of carbonyl (C=O) groups is 1. The number of carboxylic acids is 1. The van der Waals surface area contributed by atoms with Crippen LogP contribution in [0.4, 0.5) is 0 Å². The number of methoxy groups -OCH3 is 1. The third-order valence-electron chi connectivity index (χ3n) is 9.66. The van der Waals surface area contributed by atoms with Gasteiger partial charge in [-0.3, -0.25) is 4.79 Å². The summed E-state index contributed by atoms with van der Waals surface area (Å²) in [7, 11) is 1.70. The number of aliphatic hydroxyl groups excluding tert-OH is 1. The number of aliphatic hydroxyl groups is 1. The van der Waals surface area contributed by atoms with Crippen LogP contribution < -0.4 is 0 Å². The zero-order chi connectivity index (χ0) is 28.4. The van der Waals surface area contributed by atoms with E-state index in [0.717, 1.165) is 44.9 Å².